The molecule has 9 heteroatoms. The Balaban J connectivity index is 1.51. The summed E-state index contributed by atoms with van der Waals surface area (Å²) in [4.78, 5) is 17.6. The number of nitriles is 1. The van der Waals surface area contributed by atoms with Gasteiger partial charge in [0, 0.05) is 17.0 Å². The third-order valence-electron chi connectivity index (χ3n) is 3.14. The van der Waals surface area contributed by atoms with E-state index in [0.29, 0.717) is 27.9 Å². The minimum absolute atomic E-state index is 0.175. The van der Waals surface area contributed by atoms with Gasteiger partial charge in [0.1, 0.15) is 11.9 Å². The summed E-state index contributed by atoms with van der Waals surface area (Å²) in [5.41, 5.74) is 0.913. The molecule has 0 radical (unpaired) electrons. The van der Waals surface area contributed by atoms with Crippen LogP contribution in [-0.4, -0.2) is 26.8 Å². The molecule has 25 heavy (non-hydrogen) atoms. The van der Waals surface area contributed by atoms with Gasteiger partial charge in [0.25, 0.3) is 0 Å². The highest BCUT2D eigenvalue weighted by atomic mass is 35.5. The molecular weight excluding hydrogens is 378 g/mol. The molecule has 0 aliphatic carbocycles. The van der Waals surface area contributed by atoms with Crippen LogP contribution < -0.4 is 5.32 Å². The lowest BCUT2D eigenvalue weighted by atomic mass is 10.2. The monoisotopic (exact) mass is 389 g/mol. The largest absolute Gasteiger partial charge is 0.325 e. The molecule has 126 valence electrons. The topological polar surface area (TPSA) is 94.5 Å². The van der Waals surface area contributed by atoms with Crippen molar-refractivity contribution in [2.45, 2.75) is 11.6 Å². The summed E-state index contributed by atoms with van der Waals surface area (Å²) in [6.07, 6.45) is 0.696. The number of benzene rings is 1. The fraction of sp³-hybridized carbons (Fsp3) is 0.125. The number of rotatable bonds is 6. The maximum atomic E-state index is 12.0. The predicted molar refractivity (Wildman–Crippen MR) is 99.0 cm³/mol. The second-order valence-corrected chi connectivity index (χ2v) is 7.35. The normalized spacial score (nSPS) is 10.4. The maximum Gasteiger partial charge on any atom is 0.234 e. The highest BCUT2D eigenvalue weighted by Crippen LogP contribution is 2.21. The quantitative estimate of drug-likeness (QED) is 0.626. The Labute approximate surface area is 157 Å². The van der Waals surface area contributed by atoms with Crippen molar-refractivity contribution in [1.29, 1.82) is 5.26 Å². The van der Waals surface area contributed by atoms with Crippen molar-refractivity contribution in [3.8, 4) is 6.07 Å². The maximum absolute atomic E-state index is 12.0. The lowest BCUT2D eigenvalue weighted by Crippen LogP contribution is -2.14. The lowest BCUT2D eigenvalue weighted by molar-refractivity contribution is -0.113. The number of thiophene rings is 1. The van der Waals surface area contributed by atoms with E-state index in [1.165, 1.54) is 16.6 Å². The molecule has 3 aromatic rings. The first-order valence-electron chi connectivity index (χ1n) is 7.20. The molecule has 2 heterocycles. The number of carbonyl (C=O) groups is 1. The smallest absolute Gasteiger partial charge is 0.234 e. The molecular formula is C16H12ClN5OS2. The van der Waals surface area contributed by atoms with Crippen LogP contribution in [0.15, 0.2) is 40.9 Å². The van der Waals surface area contributed by atoms with E-state index in [2.05, 4.69) is 20.5 Å². The Hall–Kier alpha value is -2.34. The molecule has 0 aliphatic rings. The van der Waals surface area contributed by atoms with Crippen molar-refractivity contribution in [3.05, 3.63) is 57.0 Å². The van der Waals surface area contributed by atoms with Gasteiger partial charge in [-0.15, -0.1) is 16.4 Å². The van der Waals surface area contributed by atoms with Gasteiger partial charge in [-0.3, -0.25) is 9.89 Å². The third-order valence-corrected chi connectivity index (χ3v) is 5.18. The molecule has 1 amide bonds. The zero-order valence-corrected chi connectivity index (χ0v) is 15.2. The average molecular weight is 390 g/mol. The van der Waals surface area contributed by atoms with Gasteiger partial charge in [-0.2, -0.15) is 5.26 Å². The molecule has 0 unspecified atom stereocenters. The number of carbonyl (C=O) groups excluding carboxylic acids is 1. The van der Waals surface area contributed by atoms with Gasteiger partial charge in [0.05, 0.1) is 16.3 Å². The molecule has 1 aromatic carbocycles. The summed E-state index contributed by atoms with van der Waals surface area (Å²) >= 11 is 8.85. The number of hydrogen-bond donors (Lipinski definition) is 2. The van der Waals surface area contributed by atoms with Crippen molar-refractivity contribution >= 4 is 46.3 Å². The van der Waals surface area contributed by atoms with Crippen LogP contribution in [0, 0.1) is 11.3 Å². The van der Waals surface area contributed by atoms with E-state index in [9.17, 15) is 4.79 Å². The fourth-order valence-electron chi connectivity index (χ4n) is 2.01. The number of aromatic amines is 1. The SMILES string of the molecule is N#Cc1ccc(NC(=O)CSc2n[nH]c(Cc3cccs3)n2)cc1Cl. The van der Waals surface area contributed by atoms with Gasteiger partial charge in [-0.1, -0.05) is 29.4 Å². The summed E-state index contributed by atoms with van der Waals surface area (Å²) in [6, 6.07) is 10.8. The van der Waals surface area contributed by atoms with Crippen molar-refractivity contribution < 1.29 is 4.79 Å². The molecule has 6 nitrogen and oxygen atoms in total. The zero-order valence-electron chi connectivity index (χ0n) is 12.8. The first-order chi connectivity index (χ1) is 12.1. The number of aromatic nitrogens is 3. The highest BCUT2D eigenvalue weighted by molar-refractivity contribution is 7.99. The van der Waals surface area contributed by atoms with Crippen LogP contribution in [-0.2, 0) is 11.2 Å². The van der Waals surface area contributed by atoms with E-state index in [-0.39, 0.29) is 11.7 Å². The van der Waals surface area contributed by atoms with Crippen LogP contribution in [0.5, 0.6) is 0 Å². The number of H-pyrrole nitrogens is 1. The first kappa shape index (κ1) is 17.5. The number of thioether (sulfide) groups is 1. The summed E-state index contributed by atoms with van der Waals surface area (Å²) in [7, 11) is 0. The number of anilines is 1. The van der Waals surface area contributed by atoms with Gasteiger partial charge in [-0.25, -0.2) is 4.98 Å². The van der Waals surface area contributed by atoms with Gasteiger partial charge < -0.3 is 5.32 Å². The standard InChI is InChI=1S/C16H12ClN5OS2/c17-13-6-11(4-3-10(13)8-18)19-15(23)9-25-16-20-14(21-22-16)7-12-2-1-5-24-12/h1-6H,7,9H2,(H,19,23)(H,20,21,22). The average Bonchev–Trinajstić information content (AvgIpc) is 3.26. The molecule has 2 aromatic heterocycles. The lowest BCUT2D eigenvalue weighted by Gasteiger charge is -2.05. The second kappa shape index (κ2) is 8.16. The van der Waals surface area contributed by atoms with Crippen LogP contribution in [0.1, 0.15) is 16.3 Å². The van der Waals surface area contributed by atoms with Crippen molar-refractivity contribution in [1.82, 2.24) is 15.2 Å². The number of amides is 1. The molecule has 0 aliphatic heterocycles. The second-order valence-electron chi connectivity index (χ2n) is 4.96. The van der Waals surface area contributed by atoms with Gasteiger partial charge >= 0.3 is 0 Å². The van der Waals surface area contributed by atoms with E-state index in [1.54, 1.807) is 29.5 Å². The van der Waals surface area contributed by atoms with Crippen LogP contribution in [0.25, 0.3) is 0 Å². The Morgan fingerprint density at radius 2 is 2.32 bits per heavy atom. The van der Waals surface area contributed by atoms with Gasteiger partial charge in [0.2, 0.25) is 11.1 Å². The Morgan fingerprint density at radius 3 is 3.04 bits per heavy atom. The predicted octanol–water partition coefficient (Wildman–Crippen LogP) is 3.71. The third kappa shape index (κ3) is 4.82. The van der Waals surface area contributed by atoms with Crippen molar-refractivity contribution in [2.24, 2.45) is 0 Å². The minimum Gasteiger partial charge on any atom is -0.325 e. The van der Waals surface area contributed by atoms with Gasteiger partial charge in [-0.05, 0) is 29.6 Å². The number of hydrogen-bond acceptors (Lipinski definition) is 6. The summed E-state index contributed by atoms with van der Waals surface area (Å²) in [6.45, 7) is 0. The Morgan fingerprint density at radius 1 is 1.44 bits per heavy atom. The van der Waals surface area contributed by atoms with Crippen molar-refractivity contribution in [2.75, 3.05) is 11.1 Å². The molecule has 0 saturated heterocycles. The van der Waals surface area contributed by atoms with Crippen LogP contribution in [0.2, 0.25) is 5.02 Å². The highest BCUT2D eigenvalue weighted by Gasteiger charge is 2.10. The Kier molecular flexibility index (Phi) is 5.71. The number of nitrogens with one attached hydrogen (secondary N) is 2. The van der Waals surface area contributed by atoms with E-state index in [4.69, 9.17) is 16.9 Å². The molecule has 2 N–H and O–H groups in total. The first-order valence-corrected chi connectivity index (χ1v) is 9.44. The van der Waals surface area contributed by atoms with Crippen molar-refractivity contribution in [3.63, 3.8) is 0 Å². The van der Waals surface area contributed by atoms with Crippen LogP contribution >= 0.6 is 34.7 Å². The molecule has 0 spiro atoms. The summed E-state index contributed by atoms with van der Waals surface area (Å²) < 4.78 is 0. The molecule has 3 rings (SSSR count). The molecule has 0 fully saturated rings. The van der Waals surface area contributed by atoms with Crippen LogP contribution in [0.4, 0.5) is 5.69 Å². The molecule has 0 saturated carbocycles. The van der Waals surface area contributed by atoms with E-state index < -0.39 is 0 Å². The van der Waals surface area contributed by atoms with Crippen LogP contribution in [0.3, 0.4) is 0 Å². The number of nitrogens with zero attached hydrogens (tertiary/aromatic N) is 3. The van der Waals surface area contributed by atoms with E-state index >= 15 is 0 Å². The zero-order chi connectivity index (χ0) is 17.6. The minimum atomic E-state index is -0.199. The molecule has 0 atom stereocenters. The van der Waals surface area contributed by atoms with E-state index in [0.717, 1.165) is 5.82 Å². The Bertz CT molecular complexity index is 917. The summed E-state index contributed by atoms with van der Waals surface area (Å²) in [5.74, 6) is 0.744. The fourth-order valence-corrected chi connectivity index (χ4v) is 3.56. The van der Waals surface area contributed by atoms with E-state index in [1.807, 2.05) is 23.6 Å². The van der Waals surface area contributed by atoms with Gasteiger partial charge in [0.15, 0.2) is 0 Å². The molecule has 0 bridgehead atoms. The number of halogens is 1. The summed E-state index contributed by atoms with van der Waals surface area (Å²) in [5, 5.41) is 21.4.